The van der Waals surface area contributed by atoms with Crippen molar-refractivity contribution in [3.63, 3.8) is 0 Å². The maximum absolute atomic E-state index is 5.90. The highest BCUT2D eigenvalue weighted by Crippen LogP contribution is 2.37. The highest BCUT2D eigenvalue weighted by Gasteiger charge is 2.18. The summed E-state index contributed by atoms with van der Waals surface area (Å²) in [5, 5.41) is 3.50. The van der Waals surface area contributed by atoms with E-state index < -0.39 is 0 Å². The Morgan fingerprint density at radius 2 is 2.06 bits per heavy atom. The normalized spacial score (nSPS) is 12.2. The molecular weight excluding hydrogens is 256 g/mol. The van der Waals surface area contributed by atoms with Crippen LogP contribution in [0.25, 0.3) is 11.5 Å². The Bertz CT molecular complexity index is 540. The number of halogens is 1. The minimum absolute atomic E-state index is 0.306. The molecular formula is C12H13ClN2O3. The van der Waals surface area contributed by atoms with E-state index in [1.54, 1.807) is 27.2 Å². The second-order valence-corrected chi connectivity index (χ2v) is 4.27. The summed E-state index contributed by atoms with van der Waals surface area (Å²) in [6.07, 6.45) is 0. The number of ether oxygens (including phenoxy) is 2. The van der Waals surface area contributed by atoms with Crippen LogP contribution in [-0.4, -0.2) is 24.4 Å². The third-order valence-corrected chi connectivity index (χ3v) is 2.63. The monoisotopic (exact) mass is 268 g/mol. The van der Waals surface area contributed by atoms with Crippen LogP contribution in [0.4, 0.5) is 0 Å². The summed E-state index contributed by atoms with van der Waals surface area (Å²) in [4.78, 5) is 4.22. The summed E-state index contributed by atoms with van der Waals surface area (Å²) in [5.74, 6) is 1.95. The van der Waals surface area contributed by atoms with Crippen molar-refractivity contribution in [3.8, 4) is 23.0 Å². The first-order valence-electron chi connectivity index (χ1n) is 5.36. The number of hydrogen-bond donors (Lipinski definition) is 0. The second kappa shape index (κ2) is 5.27. The van der Waals surface area contributed by atoms with Crippen LogP contribution in [0.2, 0.25) is 0 Å². The molecule has 1 aromatic heterocycles. The fourth-order valence-electron chi connectivity index (χ4n) is 1.56. The molecule has 0 spiro atoms. The van der Waals surface area contributed by atoms with Crippen LogP contribution >= 0.6 is 11.6 Å². The van der Waals surface area contributed by atoms with Gasteiger partial charge in [0.15, 0.2) is 17.3 Å². The van der Waals surface area contributed by atoms with Gasteiger partial charge in [-0.3, -0.25) is 0 Å². The number of para-hydroxylation sites is 1. The third-order valence-electron chi connectivity index (χ3n) is 2.43. The first kappa shape index (κ1) is 12.7. The van der Waals surface area contributed by atoms with Gasteiger partial charge in [-0.05, 0) is 19.1 Å². The van der Waals surface area contributed by atoms with E-state index in [4.69, 9.17) is 25.6 Å². The lowest BCUT2D eigenvalue weighted by molar-refractivity contribution is 0.353. The number of aromatic nitrogens is 2. The highest BCUT2D eigenvalue weighted by atomic mass is 35.5. The molecule has 0 saturated carbocycles. The second-order valence-electron chi connectivity index (χ2n) is 3.61. The number of rotatable bonds is 4. The lowest BCUT2D eigenvalue weighted by Gasteiger charge is -2.09. The molecule has 0 aliphatic carbocycles. The SMILES string of the molecule is COc1cccc(-c2nc(C(C)Cl)no2)c1OC. The van der Waals surface area contributed by atoms with Crippen LogP contribution in [0.15, 0.2) is 22.7 Å². The van der Waals surface area contributed by atoms with Crippen molar-refractivity contribution < 1.29 is 14.0 Å². The van der Waals surface area contributed by atoms with Crippen molar-refractivity contribution in [2.45, 2.75) is 12.3 Å². The van der Waals surface area contributed by atoms with Gasteiger partial charge in [-0.15, -0.1) is 11.6 Å². The minimum atomic E-state index is -0.306. The Morgan fingerprint density at radius 1 is 1.28 bits per heavy atom. The molecule has 0 aliphatic heterocycles. The van der Waals surface area contributed by atoms with Crippen LogP contribution in [0.3, 0.4) is 0 Å². The van der Waals surface area contributed by atoms with Crippen LogP contribution < -0.4 is 9.47 Å². The molecule has 18 heavy (non-hydrogen) atoms. The molecule has 2 aromatic rings. The molecule has 96 valence electrons. The Balaban J connectivity index is 2.49. The zero-order valence-corrected chi connectivity index (χ0v) is 11.1. The third kappa shape index (κ3) is 2.26. The van der Waals surface area contributed by atoms with E-state index in [1.807, 2.05) is 12.1 Å². The molecule has 0 saturated heterocycles. The van der Waals surface area contributed by atoms with E-state index in [-0.39, 0.29) is 5.38 Å². The lowest BCUT2D eigenvalue weighted by atomic mass is 10.2. The highest BCUT2D eigenvalue weighted by molar-refractivity contribution is 6.20. The summed E-state index contributed by atoms with van der Waals surface area (Å²) in [7, 11) is 3.13. The quantitative estimate of drug-likeness (QED) is 0.798. The molecule has 0 bridgehead atoms. The number of nitrogens with zero attached hydrogens (tertiary/aromatic N) is 2. The topological polar surface area (TPSA) is 57.4 Å². The number of benzene rings is 1. The fraction of sp³-hybridized carbons (Fsp3) is 0.333. The van der Waals surface area contributed by atoms with Crippen LogP contribution in [0.5, 0.6) is 11.5 Å². The maximum atomic E-state index is 5.90. The molecule has 0 amide bonds. The van der Waals surface area contributed by atoms with Gasteiger partial charge >= 0.3 is 0 Å². The van der Waals surface area contributed by atoms with E-state index in [0.29, 0.717) is 28.8 Å². The van der Waals surface area contributed by atoms with Gasteiger partial charge in [0, 0.05) is 0 Å². The van der Waals surface area contributed by atoms with Crippen molar-refractivity contribution in [1.82, 2.24) is 10.1 Å². The lowest BCUT2D eigenvalue weighted by Crippen LogP contribution is -1.93. The zero-order valence-electron chi connectivity index (χ0n) is 10.3. The largest absolute Gasteiger partial charge is 0.493 e. The van der Waals surface area contributed by atoms with Crippen molar-refractivity contribution in [3.05, 3.63) is 24.0 Å². The molecule has 6 heteroatoms. The molecule has 0 N–H and O–H groups in total. The Hall–Kier alpha value is -1.75. The van der Waals surface area contributed by atoms with Gasteiger partial charge in [0.2, 0.25) is 0 Å². The molecule has 0 radical (unpaired) electrons. The number of methoxy groups -OCH3 is 2. The zero-order chi connectivity index (χ0) is 13.1. The van der Waals surface area contributed by atoms with Crippen molar-refractivity contribution in [2.24, 2.45) is 0 Å². The van der Waals surface area contributed by atoms with Gasteiger partial charge in [0.1, 0.15) is 0 Å². The van der Waals surface area contributed by atoms with Gasteiger partial charge < -0.3 is 14.0 Å². The average Bonchev–Trinajstić information content (AvgIpc) is 2.87. The summed E-state index contributed by atoms with van der Waals surface area (Å²) < 4.78 is 15.7. The summed E-state index contributed by atoms with van der Waals surface area (Å²) >= 11 is 5.90. The van der Waals surface area contributed by atoms with Crippen LogP contribution in [-0.2, 0) is 0 Å². The van der Waals surface area contributed by atoms with Crippen LogP contribution in [0, 0.1) is 0 Å². The fourth-order valence-corrected chi connectivity index (χ4v) is 1.65. The van der Waals surface area contributed by atoms with Crippen molar-refractivity contribution in [1.29, 1.82) is 0 Å². The van der Waals surface area contributed by atoms with E-state index in [0.717, 1.165) is 0 Å². The predicted molar refractivity (Wildman–Crippen MR) is 67.1 cm³/mol. The smallest absolute Gasteiger partial charge is 0.261 e. The van der Waals surface area contributed by atoms with E-state index in [2.05, 4.69) is 10.1 Å². The maximum Gasteiger partial charge on any atom is 0.261 e. The predicted octanol–water partition coefficient (Wildman–Crippen LogP) is 3.05. The molecule has 1 unspecified atom stereocenters. The van der Waals surface area contributed by atoms with Gasteiger partial charge in [0.05, 0.1) is 25.2 Å². The van der Waals surface area contributed by atoms with Crippen molar-refractivity contribution in [2.75, 3.05) is 14.2 Å². The van der Waals surface area contributed by atoms with E-state index in [9.17, 15) is 0 Å². The first-order chi connectivity index (χ1) is 8.67. The van der Waals surface area contributed by atoms with Gasteiger partial charge in [-0.1, -0.05) is 11.2 Å². The molecule has 1 atom stereocenters. The molecule has 0 aliphatic rings. The summed E-state index contributed by atoms with van der Waals surface area (Å²) in [6.45, 7) is 1.78. The molecule has 1 heterocycles. The Kier molecular flexibility index (Phi) is 3.72. The minimum Gasteiger partial charge on any atom is -0.493 e. The Labute approximate surface area is 110 Å². The summed E-state index contributed by atoms with van der Waals surface area (Å²) in [5.41, 5.74) is 0.674. The van der Waals surface area contributed by atoms with Crippen molar-refractivity contribution >= 4 is 11.6 Å². The molecule has 2 rings (SSSR count). The standard InChI is InChI=1S/C12H13ClN2O3/c1-7(13)11-14-12(18-15-11)8-5-4-6-9(16-2)10(8)17-3/h4-7H,1-3H3. The molecule has 5 nitrogen and oxygen atoms in total. The van der Waals surface area contributed by atoms with Gasteiger partial charge in [-0.2, -0.15) is 4.98 Å². The molecule has 1 aromatic carbocycles. The van der Waals surface area contributed by atoms with Crippen LogP contribution in [0.1, 0.15) is 18.1 Å². The van der Waals surface area contributed by atoms with Gasteiger partial charge in [-0.25, -0.2) is 0 Å². The van der Waals surface area contributed by atoms with Gasteiger partial charge in [0.25, 0.3) is 5.89 Å². The molecule has 0 fully saturated rings. The number of hydrogen-bond acceptors (Lipinski definition) is 5. The van der Waals surface area contributed by atoms with E-state index in [1.165, 1.54) is 0 Å². The van der Waals surface area contributed by atoms with E-state index >= 15 is 0 Å². The average molecular weight is 269 g/mol. The first-order valence-corrected chi connectivity index (χ1v) is 5.80. The number of alkyl halides is 1. The Morgan fingerprint density at radius 3 is 2.61 bits per heavy atom. The summed E-state index contributed by atoms with van der Waals surface area (Å²) in [6, 6.07) is 5.44.